The number of carbonyl (C=O) groups is 2. The van der Waals surface area contributed by atoms with E-state index >= 15 is 0 Å². The van der Waals surface area contributed by atoms with Crippen LogP contribution in [-0.2, 0) is 9.53 Å². The Labute approximate surface area is 119 Å². The molecule has 2 N–H and O–H groups in total. The summed E-state index contributed by atoms with van der Waals surface area (Å²) < 4.78 is 5.03. The van der Waals surface area contributed by atoms with E-state index in [4.69, 9.17) is 9.84 Å². The molecule has 0 aliphatic carbocycles. The van der Waals surface area contributed by atoms with Crippen LogP contribution in [0.3, 0.4) is 0 Å². The predicted octanol–water partition coefficient (Wildman–Crippen LogP) is 0.213. The molecule has 1 fully saturated rings. The van der Waals surface area contributed by atoms with Crippen molar-refractivity contribution < 1.29 is 19.4 Å². The van der Waals surface area contributed by atoms with Crippen molar-refractivity contribution in [3.63, 3.8) is 0 Å². The molecule has 1 saturated heterocycles. The van der Waals surface area contributed by atoms with Crippen LogP contribution in [-0.4, -0.2) is 79.4 Å². The van der Waals surface area contributed by atoms with Gasteiger partial charge in [-0.2, -0.15) is 0 Å². The summed E-state index contributed by atoms with van der Waals surface area (Å²) in [5.74, 6) is -0.931. The third-order valence-corrected chi connectivity index (χ3v) is 3.42. The molecule has 0 radical (unpaired) electrons. The van der Waals surface area contributed by atoms with Crippen molar-refractivity contribution in [2.75, 3.05) is 46.4 Å². The van der Waals surface area contributed by atoms with Crippen molar-refractivity contribution in [1.82, 2.24) is 15.1 Å². The van der Waals surface area contributed by atoms with Gasteiger partial charge in [0, 0.05) is 39.8 Å². The third-order valence-electron chi connectivity index (χ3n) is 3.42. The zero-order valence-electron chi connectivity index (χ0n) is 12.3. The zero-order chi connectivity index (χ0) is 15.0. The number of methoxy groups -OCH3 is 1. The number of piperazine rings is 1. The Morgan fingerprint density at radius 1 is 1.30 bits per heavy atom. The maximum atomic E-state index is 12.0. The number of ether oxygens (including phenoxy) is 1. The van der Waals surface area contributed by atoms with Gasteiger partial charge in [0.05, 0.1) is 12.5 Å². The van der Waals surface area contributed by atoms with Crippen molar-refractivity contribution in [2.24, 2.45) is 0 Å². The second-order valence-electron chi connectivity index (χ2n) is 4.97. The Balaban J connectivity index is 2.27. The van der Waals surface area contributed by atoms with Gasteiger partial charge >= 0.3 is 12.0 Å². The molecule has 1 unspecified atom stereocenters. The number of carboxylic acid groups (broad SMARTS) is 1. The van der Waals surface area contributed by atoms with E-state index in [2.05, 4.69) is 17.1 Å². The van der Waals surface area contributed by atoms with Gasteiger partial charge in [-0.3, -0.25) is 9.69 Å². The van der Waals surface area contributed by atoms with Gasteiger partial charge in [-0.15, -0.1) is 0 Å². The molecule has 7 nitrogen and oxygen atoms in total. The van der Waals surface area contributed by atoms with Gasteiger partial charge in [0.15, 0.2) is 0 Å². The second kappa shape index (κ2) is 8.76. The summed E-state index contributed by atoms with van der Waals surface area (Å²) in [6.07, 6.45) is 0.524. The standard InChI is InChI=1S/C13H25N3O4/c1-3-4-15-5-7-16(8-6-15)13(19)14-10-11(20-2)9-12(17)18/h11H,3-10H2,1-2H3,(H,14,19)(H,17,18). The molecule has 1 atom stereocenters. The van der Waals surface area contributed by atoms with Crippen LogP contribution in [0.4, 0.5) is 4.79 Å². The smallest absolute Gasteiger partial charge is 0.317 e. The first kappa shape index (κ1) is 16.7. The number of hydrogen-bond acceptors (Lipinski definition) is 4. The summed E-state index contributed by atoms with van der Waals surface area (Å²) in [5.41, 5.74) is 0. The van der Waals surface area contributed by atoms with Gasteiger partial charge in [0.1, 0.15) is 0 Å². The minimum absolute atomic E-state index is 0.110. The number of carboxylic acids is 1. The first-order valence-electron chi connectivity index (χ1n) is 7.06. The van der Waals surface area contributed by atoms with Gasteiger partial charge in [0.25, 0.3) is 0 Å². The molecule has 0 saturated carbocycles. The second-order valence-corrected chi connectivity index (χ2v) is 4.97. The molecular weight excluding hydrogens is 262 g/mol. The van der Waals surface area contributed by atoms with Crippen LogP contribution >= 0.6 is 0 Å². The number of urea groups is 1. The molecule has 1 heterocycles. The van der Waals surface area contributed by atoms with Gasteiger partial charge in [-0.05, 0) is 13.0 Å². The molecule has 116 valence electrons. The number of carbonyl (C=O) groups excluding carboxylic acids is 1. The van der Waals surface area contributed by atoms with Crippen molar-refractivity contribution in [1.29, 1.82) is 0 Å². The molecule has 7 heteroatoms. The van der Waals surface area contributed by atoms with Crippen molar-refractivity contribution in [3.05, 3.63) is 0 Å². The summed E-state index contributed by atoms with van der Waals surface area (Å²) in [5, 5.41) is 11.4. The van der Waals surface area contributed by atoms with Crippen LogP contribution in [0.1, 0.15) is 19.8 Å². The van der Waals surface area contributed by atoms with E-state index in [9.17, 15) is 9.59 Å². The lowest BCUT2D eigenvalue weighted by Crippen LogP contribution is -2.52. The van der Waals surface area contributed by atoms with E-state index < -0.39 is 12.1 Å². The van der Waals surface area contributed by atoms with E-state index in [0.29, 0.717) is 13.1 Å². The fourth-order valence-corrected chi connectivity index (χ4v) is 2.24. The Kier molecular flexibility index (Phi) is 7.32. The average Bonchev–Trinajstić information content (AvgIpc) is 2.44. The number of hydrogen-bond donors (Lipinski definition) is 2. The van der Waals surface area contributed by atoms with Crippen LogP contribution in [0, 0.1) is 0 Å². The van der Waals surface area contributed by atoms with Gasteiger partial charge in [-0.1, -0.05) is 6.92 Å². The summed E-state index contributed by atoms with van der Waals surface area (Å²) >= 11 is 0. The maximum absolute atomic E-state index is 12.0. The molecule has 0 spiro atoms. The molecule has 1 rings (SSSR count). The molecule has 0 bridgehead atoms. The summed E-state index contributed by atoms with van der Waals surface area (Å²) in [6.45, 7) is 6.64. The highest BCUT2D eigenvalue weighted by Crippen LogP contribution is 2.03. The first-order chi connectivity index (χ1) is 9.56. The molecule has 2 amide bonds. The Hall–Kier alpha value is -1.34. The third kappa shape index (κ3) is 5.75. The average molecular weight is 287 g/mol. The van der Waals surface area contributed by atoms with Gasteiger partial charge in [-0.25, -0.2) is 4.79 Å². The molecular formula is C13H25N3O4. The topological polar surface area (TPSA) is 82.1 Å². The van der Waals surface area contributed by atoms with Gasteiger partial charge in [0.2, 0.25) is 0 Å². The van der Waals surface area contributed by atoms with E-state index in [1.54, 1.807) is 4.90 Å². The van der Waals surface area contributed by atoms with E-state index in [1.807, 2.05) is 0 Å². The highest BCUT2D eigenvalue weighted by molar-refractivity contribution is 5.74. The van der Waals surface area contributed by atoms with Gasteiger partial charge < -0.3 is 20.1 Å². The number of nitrogens with zero attached hydrogens (tertiary/aromatic N) is 2. The fourth-order valence-electron chi connectivity index (χ4n) is 2.24. The lowest BCUT2D eigenvalue weighted by Gasteiger charge is -2.34. The van der Waals surface area contributed by atoms with Crippen LogP contribution in [0.25, 0.3) is 0 Å². The maximum Gasteiger partial charge on any atom is 0.317 e. The normalized spacial score (nSPS) is 17.8. The monoisotopic (exact) mass is 287 g/mol. The van der Waals surface area contributed by atoms with Crippen molar-refractivity contribution >= 4 is 12.0 Å². The minimum atomic E-state index is -0.931. The Bertz CT molecular complexity index is 317. The SMILES string of the molecule is CCCN1CCN(C(=O)NCC(CC(=O)O)OC)CC1. The summed E-state index contributed by atoms with van der Waals surface area (Å²) in [4.78, 5) is 26.7. The lowest BCUT2D eigenvalue weighted by atomic mass is 10.2. The molecule has 0 aromatic rings. The molecule has 1 aliphatic heterocycles. The van der Waals surface area contributed by atoms with Crippen LogP contribution in [0.5, 0.6) is 0 Å². The highest BCUT2D eigenvalue weighted by Gasteiger charge is 2.21. The molecule has 0 aromatic carbocycles. The van der Waals surface area contributed by atoms with E-state index in [1.165, 1.54) is 7.11 Å². The number of amides is 2. The highest BCUT2D eigenvalue weighted by atomic mass is 16.5. The Morgan fingerprint density at radius 2 is 1.95 bits per heavy atom. The lowest BCUT2D eigenvalue weighted by molar-refractivity contribution is -0.139. The van der Waals surface area contributed by atoms with E-state index in [-0.39, 0.29) is 19.0 Å². The minimum Gasteiger partial charge on any atom is -0.481 e. The molecule has 1 aliphatic rings. The molecule has 20 heavy (non-hydrogen) atoms. The van der Waals surface area contributed by atoms with Crippen LogP contribution < -0.4 is 5.32 Å². The summed E-state index contributed by atoms with van der Waals surface area (Å²) in [6, 6.07) is -0.145. The fraction of sp³-hybridized carbons (Fsp3) is 0.846. The zero-order valence-corrected chi connectivity index (χ0v) is 12.3. The van der Waals surface area contributed by atoms with E-state index in [0.717, 1.165) is 26.1 Å². The molecule has 0 aromatic heterocycles. The van der Waals surface area contributed by atoms with Crippen molar-refractivity contribution in [3.8, 4) is 0 Å². The first-order valence-corrected chi connectivity index (χ1v) is 7.06. The number of aliphatic carboxylic acids is 1. The largest absolute Gasteiger partial charge is 0.481 e. The number of nitrogens with one attached hydrogen (secondary N) is 1. The Morgan fingerprint density at radius 3 is 2.45 bits per heavy atom. The predicted molar refractivity (Wildman–Crippen MR) is 74.8 cm³/mol. The number of rotatable bonds is 7. The van der Waals surface area contributed by atoms with Crippen LogP contribution in [0.15, 0.2) is 0 Å². The van der Waals surface area contributed by atoms with Crippen LogP contribution in [0.2, 0.25) is 0 Å². The summed E-state index contributed by atoms with van der Waals surface area (Å²) in [7, 11) is 1.45. The quantitative estimate of drug-likeness (QED) is 0.699. The van der Waals surface area contributed by atoms with Crippen molar-refractivity contribution in [2.45, 2.75) is 25.9 Å².